The van der Waals surface area contributed by atoms with Crippen LogP contribution in [0.15, 0.2) is 24.3 Å². The molecule has 1 spiro atoms. The van der Waals surface area contributed by atoms with Crippen LogP contribution in [-0.4, -0.2) is 49.1 Å². The fraction of sp³-hybridized carbons (Fsp3) is 0.524. The number of hydrogen-bond donors (Lipinski definition) is 0. The number of carbonyl (C=O) groups excluding carboxylic acids is 2. The normalized spacial score (nSPS) is 27.9. The van der Waals surface area contributed by atoms with Gasteiger partial charge in [0.1, 0.15) is 0 Å². The van der Waals surface area contributed by atoms with E-state index in [0.717, 1.165) is 0 Å². The van der Waals surface area contributed by atoms with E-state index >= 15 is 0 Å². The van der Waals surface area contributed by atoms with Crippen LogP contribution in [-0.2, 0) is 19.9 Å². The van der Waals surface area contributed by atoms with Crippen LogP contribution < -0.4 is 4.90 Å². The number of amides is 1. The van der Waals surface area contributed by atoms with Crippen LogP contribution in [0.5, 0.6) is 0 Å². The maximum absolute atomic E-state index is 13.1. The quantitative estimate of drug-likeness (QED) is 0.572. The molecule has 0 radical (unpaired) electrons. The number of rotatable bonds is 3. The number of para-hydroxylation sites is 1. The average Bonchev–Trinajstić information content (AvgIpc) is 3.12. The van der Waals surface area contributed by atoms with Crippen LogP contribution in [0.4, 0.5) is 18.9 Å². The van der Waals surface area contributed by atoms with Crippen LogP contribution in [0.3, 0.4) is 0 Å². The van der Waals surface area contributed by atoms with Crippen molar-refractivity contribution in [1.29, 1.82) is 0 Å². The fourth-order valence-electron chi connectivity index (χ4n) is 4.66. The lowest BCUT2D eigenvalue weighted by Gasteiger charge is -2.33. The molecule has 0 saturated carbocycles. The second kappa shape index (κ2) is 7.06. The summed E-state index contributed by atoms with van der Waals surface area (Å²) >= 11 is 0. The zero-order valence-corrected chi connectivity index (χ0v) is 15.7. The summed E-state index contributed by atoms with van der Waals surface area (Å²) in [6.07, 6.45) is 1.43. The molecule has 2 saturated heterocycles. The van der Waals surface area contributed by atoms with Gasteiger partial charge in [0.05, 0.1) is 24.1 Å². The Morgan fingerprint density at radius 2 is 1.90 bits per heavy atom. The Balaban J connectivity index is 1.50. The second-order valence-electron chi connectivity index (χ2n) is 7.88. The Hall–Kier alpha value is -2.53. The Bertz CT molecular complexity index is 871. The molecule has 0 bridgehead atoms. The lowest BCUT2D eigenvalue weighted by atomic mass is 9.87. The number of nitrogens with zero attached hydrogens (tertiary/aromatic N) is 2. The molecule has 1 amide bonds. The molecular formula is C21H21F3N2O3. The summed E-state index contributed by atoms with van der Waals surface area (Å²) in [5, 5.41) is 0. The number of ether oxygens (including phenoxy) is 1. The number of likely N-dealkylation sites (tertiary alicyclic amines) is 1. The Morgan fingerprint density at radius 1 is 1.21 bits per heavy atom. The average molecular weight is 406 g/mol. The van der Waals surface area contributed by atoms with Crippen molar-refractivity contribution in [3.63, 3.8) is 0 Å². The number of terminal acetylenes is 1. The first-order valence-corrected chi connectivity index (χ1v) is 9.63. The number of alkyl halides is 3. The second-order valence-corrected chi connectivity index (χ2v) is 7.88. The maximum atomic E-state index is 13.1. The SMILES string of the molecule is C#CCN1C(=O)C2(CC(CN3CCC(C(F)(F)F)CC3)C(=O)O2)c2ccccc21. The summed E-state index contributed by atoms with van der Waals surface area (Å²) in [5.74, 6) is -0.254. The van der Waals surface area contributed by atoms with Gasteiger partial charge in [-0.1, -0.05) is 24.1 Å². The van der Waals surface area contributed by atoms with E-state index in [9.17, 15) is 22.8 Å². The molecular weight excluding hydrogens is 385 g/mol. The van der Waals surface area contributed by atoms with E-state index in [0.29, 0.717) is 11.3 Å². The number of fused-ring (bicyclic) bond motifs is 2. The number of anilines is 1. The molecule has 3 aliphatic heterocycles. The summed E-state index contributed by atoms with van der Waals surface area (Å²) in [5.41, 5.74) is -0.138. The molecule has 2 unspecified atom stereocenters. The summed E-state index contributed by atoms with van der Waals surface area (Å²) in [4.78, 5) is 29.0. The molecule has 0 aliphatic carbocycles. The Labute approximate surface area is 166 Å². The van der Waals surface area contributed by atoms with Gasteiger partial charge < -0.3 is 9.64 Å². The van der Waals surface area contributed by atoms with E-state index < -0.39 is 29.6 Å². The zero-order valence-electron chi connectivity index (χ0n) is 15.7. The molecule has 29 heavy (non-hydrogen) atoms. The van der Waals surface area contributed by atoms with E-state index in [1.54, 1.807) is 24.3 Å². The number of halogens is 3. The van der Waals surface area contributed by atoms with Crippen molar-refractivity contribution >= 4 is 17.6 Å². The van der Waals surface area contributed by atoms with Gasteiger partial charge in [-0.25, -0.2) is 0 Å². The minimum absolute atomic E-state index is 0.0219. The first kappa shape index (κ1) is 19.8. The molecule has 154 valence electrons. The van der Waals surface area contributed by atoms with Gasteiger partial charge in [0.2, 0.25) is 5.60 Å². The zero-order chi connectivity index (χ0) is 20.8. The first-order chi connectivity index (χ1) is 13.8. The van der Waals surface area contributed by atoms with Crippen molar-refractivity contribution in [2.24, 2.45) is 11.8 Å². The number of esters is 1. The van der Waals surface area contributed by atoms with E-state index in [4.69, 9.17) is 11.2 Å². The third-order valence-electron chi connectivity index (χ3n) is 6.14. The molecule has 2 fully saturated rings. The predicted octanol–water partition coefficient (Wildman–Crippen LogP) is 2.70. The number of carbonyl (C=O) groups is 2. The minimum Gasteiger partial charge on any atom is -0.444 e. The molecule has 1 aromatic rings. The van der Waals surface area contributed by atoms with E-state index in [2.05, 4.69) is 5.92 Å². The van der Waals surface area contributed by atoms with Gasteiger partial charge in [-0.15, -0.1) is 6.42 Å². The Morgan fingerprint density at radius 3 is 2.55 bits per heavy atom. The first-order valence-electron chi connectivity index (χ1n) is 9.63. The Kier molecular flexibility index (Phi) is 4.82. The molecule has 1 aromatic carbocycles. The molecule has 3 aliphatic rings. The smallest absolute Gasteiger partial charge is 0.391 e. The summed E-state index contributed by atoms with van der Waals surface area (Å²) < 4.78 is 44.3. The van der Waals surface area contributed by atoms with Crippen molar-refractivity contribution in [1.82, 2.24) is 4.90 Å². The third-order valence-corrected chi connectivity index (χ3v) is 6.14. The monoisotopic (exact) mass is 406 g/mol. The van der Waals surface area contributed by atoms with Crippen LogP contribution >= 0.6 is 0 Å². The molecule has 8 heteroatoms. The highest BCUT2D eigenvalue weighted by molar-refractivity contribution is 6.09. The van der Waals surface area contributed by atoms with Crippen LogP contribution in [0.2, 0.25) is 0 Å². The molecule has 0 N–H and O–H groups in total. The van der Waals surface area contributed by atoms with Crippen LogP contribution in [0, 0.1) is 24.2 Å². The molecule has 0 aromatic heterocycles. The highest BCUT2D eigenvalue weighted by Gasteiger charge is 2.60. The maximum Gasteiger partial charge on any atom is 0.391 e. The molecule has 2 atom stereocenters. The predicted molar refractivity (Wildman–Crippen MR) is 98.7 cm³/mol. The van der Waals surface area contributed by atoms with E-state index in [-0.39, 0.29) is 51.3 Å². The number of benzene rings is 1. The van der Waals surface area contributed by atoms with Gasteiger partial charge in [-0.2, -0.15) is 13.2 Å². The summed E-state index contributed by atoms with van der Waals surface area (Å²) in [6, 6.07) is 7.08. The van der Waals surface area contributed by atoms with Crippen molar-refractivity contribution in [2.45, 2.75) is 31.0 Å². The van der Waals surface area contributed by atoms with Crippen LogP contribution in [0.1, 0.15) is 24.8 Å². The van der Waals surface area contributed by atoms with Gasteiger partial charge in [0.15, 0.2) is 0 Å². The standard InChI is InChI=1S/C21H21F3N2O3/c1-2-9-26-17-6-4-3-5-16(17)20(19(26)28)12-14(18(27)29-20)13-25-10-7-15(8-11-25)21(22,23)24/h1,3-6,14-15H,7-13H2. The lowest BCUT2D eigenvalue weighted by Crippen LogP contribution is -2.42. The largest absolute Gasteiger partial charge is 0.444 e. The van der Waals surface area contributed by atoms with Crippen molar-refractivity contribution in [3.05, 3.63) is 29.8 Å². The van der Waals surface area contributed by atoms with Gasteiger partial charge in [-0.05, 0) is 32.0 Å². The summed E-state index contributed by atoms with van der Waals surface area (Å²) in [7, 11) is 0. The molecule has 4 rings (SSSR count). The van der Waals surface area contributed by atoms with Crippen molar-refractivity contribution < 1.29 is 27.5 Å². The topological polar surface area (TPSA) is 49.9 Å². The van der Waals surface area contributed by atoms with Gasteiger partial charge in [0, 0.05) is 18.5 Å². The lowest BCUT2D eigenvalue weighted by molar-refractivity contribution is -0.185. The van der Waals surface area contributed by atoms with Crippen LogP contribution in [0.25, 0.3) is 0 Å². The molecule has 3 heterocycles. The van der Waals surface area contributed by atoms with Gasteiger partial charge in [-0.3, -0.25) is 14.5 Å². The van der Waals surface area contributed by atoms with E-state index in [1.165, 1.54) is 4.90 Å². The van der Waals surface area contributed by atoms with Crippen molar-refractivity contribution in [2.75, 3.05) is 31.1 Å². The van der Waals surface area contributed by atoms with Gasteiger partial charge in [0.25, 0.3) is 5.91 Å². The summed E-state index contributed by atoms with van der Waals surface area (Å²) in [6.45, 7) is 0.907. The number of piperidine rings is 1. The highest BCUT2D eigenvalue weighted by Crippen LogP contribution is 2.50. The third kappa shape index (κ3) is 3.27. The minimum atomic E-state index is -4.18. The van der Waals surface area contributed by atoms with E-state index in [1.807, 2.05) is 4.90 Å². The molecule has 5 nitrogen and oxygen atoms in total. The van der Waals surface area contributed by atoms with Gasteiger partial charge >= 0.3 is 12.1 Å². The fourth-order valence-corrected chi connectivity index (χ4v) is 4.66. The number of hydrogen-bond acceptors (Lipinski definition) is 4. The van der Waals surface area contributed by atoms with Crippen molar-refractivity contribution in [3.8, 4) is 12.3 Å². The highest BCUT2D eigenvalue weighted by atomic mass is 19.4.